The quantitative estimate of drug-likeness (QED) is 0.192. The number of Topliss-reactive ketones (excluding diaryl/α,β-unsaturated/α-hetero) is 1. The van der Waals surface area contributed by atoms with Crippen LogP contribution in [-0.4, -0.2) is 41.7 Å². The number of hydrogen-bond acceptors (Lipinski definition) is 5. The SMILES string of the molecule is CC(=O)C(CCl)C(O)/C=C/[C@@H](OCc1ccccc1)[C@H](COCc1ccccc1)OCc1ccccc1. The van der Waals surface area contributed by atoms with Gasteiger partial charge in [-0.25, -0.2) is 0 Å². The second kappa shape index (κ2) is 16.1. The molecule has 0 fully saturated rings. The number of carbonyl (C=O) groups excluding carboxylic acids is 1. The van der Waals surface area contributed by atoms with Crippen LogP contribution in [0.2, 0.25) is 0 Å². The van der Waals surface area contributed by atoms with Crippen LogP contribution in [0.1, 0.15) is 23.6 Å². The van der Waals surface area contributed by atoms with Crippen LogP contribution in [0.25, 0.3) is 0 Å². The summed E-state index contributed by atoms with van der Waals surface area (Å²) in [7, 11) is 0. The van der Waals surface area contributed by atoms with Gasteiger partial charge in [-0.15, -0.1) is 11.6 Å². The lowest BCUT2D eigenvalue weighted by molar-refractivity contribution is -0.122. The number of aliphatic hydroxyl groups is 1. The second-order valence-corrected chi connectivity index (χ2v) is 9.15. The molecule has 3 rings (SSSR count). The number of hydrogen-bond donors (Lipinski definition) is 1. The van der Waals surface area contributed by atoms with Gasteiger partial charge < -0.3 is 19.3 Å². The first-order valence-electron chi connectivity index (χ1n) is 12.4. The van der Waals surface area contributed by atoms with Crippen LogP contribution in [0.5, 0.6) is 0 Å². The van der Waals surface area contributed by atoms with Crippen molar-refractivity contribution in [1.82, 2.24) is 0 Å². The zero-order valence-corrected chi connectivity index (χ0v) is 21.9. The van der Waals surface area contributed by atoms with Crippen molar-refractivity contribution in [2.45, 2.75) is 45.1 Å². The summed E-state index contributed by atoms with van der Waals surface area (Å²) >= 11 is 5.93. The minimum Gasteiger partial charge on any atom is -0.388 e. The molecular weight excluding hydrogens is 488 g/mol. The van der Waals surface area contributed by atoms with Gasteiger partial charge >= 0.3 is 0 Å². The van der Waals surface area contributed by atoms with E-state index in [9.17, 15) is 9.90 Å². The fourth-order valence-corrected chi connectivity index (χ4v) is 4.13. The van der Waals surface area contributed by atoms with Crippen molar-refractivity contribution in [3.63, 3.8) is 0 Å². The lowest BCUT2D eigenvalue weighted by Crippen LogP contribution is -2.35. The summed E-state index contributed by atoms with van der Waals surface area (Å²) in [5, 5.41) is 10.6. The van der Waals surface area contributed by atoms with E-state index in [0.717, 1.165) is 16.7 Å². The highest BCUT2D eigenvalue weighted by molar-refractivity contribution is 6.19. The number of benzene rings is 3. The Kier molecular flexibility index (Phi) is 12.5. The van der Waals surface area contributed by atoms with Crippen molar-refractivity contribution >= 4 is 17.4 Å². The molecule has 0 saturated heterocycles. The maximum atomic E-state index is 11.9. The first-order valence-corrected chi connectivity index (χ1v) is 13.0. The van der Waals surface area contributed by atoms with Gasteiger partial charge in [0.05, 0.1) is 38.4 Å². The van der Waals surface area contributed by atoms with Crippen LogP contribution in [-0.2, 0) is 38.8 Å². The maximum Gasteiger partial charge on any atom is 0.137 e. The molecule has 0 amide bonds. The van der Waals surface area contributed by atoms with Crippen LogP contribution in [0.15, 0.2) is 103 Å². The third kappa shape index (κ3) is 10.2. The average Bonchev–Trinajstić information content (AvgIpc) is 2.93. The molecule has 196 valence electrons. The van der Waals surface area contributed by atoms with Gasteiger partial charge in [0.15, 0.2) is 0 Å². The smallest absolute Gasteiger partial charge is 0.137 e. The molecular formula is C31H35ClO5. The average molecular weight is 523 g/mol. The van der Waals surface area contributed by atoms with E-state index < -0.39 is 24.2 Å². The molecule has 0 spiro atoms. The third-order valence-electron chi connectivity index (χ3n) is 5.95. The van der Waals surface area contributed by atoms with Crippen LogP contribution in [0.4, 0.5) is 0 Å². The molecule has 2 unspecified atom stereocenters. The van der Waals surface area contributed by atoms with Crippen molar-refractivity contribution in [2.24, 2.45) is 5.92 Å². The maximum absolute atomic E-state index is 11.9. The van der Waals surface area contributed by atoms with E-state index in [1.807, 2.05) is 91.0 Å². The number of rotatable bonds is 16. The molecule has 0 heterocycles. The van der Waals surface area contributed by atoms with Gasteiger partial charge in [-0.05, 0) is 23.6 Å². The Bertz CT molecular complexity index is 1060. The monoisotopic (exact) mass is 522 g/mol. The van der Waals surface area contributed by atoms with Crippen LogP contribution in [0.3, 0.4) is 0 Å². The molecule has 3 aromatic carbocycles. The second-order valence-electron chi connectivity index (χ2n) is 8.84. The molecule has 0 aliphatic heterocycles. The number of ether oxygens (including phenoxy) is 3. The van der Waals surface area contributed by atoms with Gasteiger partial charge in [-0.3, -0.25) is 4.79 Å². The summed E-state index contributed by atoms with van der Waals surface area (Å²) in [5.41, 5.74) is 3.10. The van der Waals surface area contributed by atoms with Crippen molar-refractivity contribution < 1.29 is 24.1 Å². The molecule has 0 aliphatic rings. The highest BCUT2D eigenvalue weighted by atomic mass is 35.5. The molecule has 3 aromatic rings. The van der Waals surface area contributed by atoms with E-state index in [1.165, 1.54) is 6.92 Å². The van der Waals surface area contributed by atoms with E-state index in [4.69, 9.17) is 25.8 Å². The van der Waals surface area contributed by atoms with E-state index in [-0.39, 0.29) is 18.3 Å². The van der Waals surface area contributed by atoms with E-state index in [2.05, 4.69) is 0 Å². The molecule has 0 aliphatic carbocycles. The van der Waals surface area contributed by atoms with E-state index in [1.54, 1.807) is 12.2 Å². The number of carbonyl (C=O) groups is 1. The fraction of sp³-hybridized carbons (Fsp3) is 0.323. The Hall–Kier alpha value is -2.80. The van der Waals surface area contributed by atoms with Crippen molar-refractivity contribution in [2.75, 3.05) is 12.5 Å². The van der Waals surface area contributed by atoms with Crippen molar-refractivity contribution in [3.8, 4) is 0 Å². The summed E-state index contributed by atoms with van der Waals surface area (Å²) in [6.07, 6.45) is 1.27. The van der Waals surface area contributed by atoms with Crippen LogP contribution in [0, 0.1) is 5.92 Å². The van der Waals surface area contributed by atoms with Gasteiger partial charge in [-0.1, -0.05) is 103 Å². The molecule has 6 heteroatoms. The van der Waals surface area contributed by atoms with E-state index >= 15 is 0 Å². The van der Waals surface area contributed by atoms with Gasteiger partial charge in [0, 0.05) is 5.88 Å². The first-order chi connectivity index (χ1) is 18.1. The zero-order valence-electron chi connectivity index (χ0n) is 21.1. The summed E-state index contributed by atoms with van der Waals surface area (Å²) in [6, 6.07) is 29.7. The first kappa shape index (κ1) is 28.8. The number of ketones is 1. The molecule has 4 atom stereocenters. The molecule has 1 N–H and O–H groups in total. The predicted octanol–water partition coefficient (Wildman–Crippen LogP) is 5.74. The largest absolute Gasteiger partial charge is 0.388 e. The Morgan fingerprint density at radius 2 is 1.27 bits per heavy atom. The van der Waals surface area contributed by atoms with Crippen LogP contribution >= 0.6 is 11.6 Å². The van der Waals surface area contributed by atoms with Crippen molar-refractivity contribution in [1.29, 1.82) is 0 Å². The van der Waals surface area contributed by atoms with Gasteiger partial charge in [0.25, 0.3) is 0 Å². The minimum atomic E-state index is -1.03. The molecule has 0 bridgehead atoms. The molecule has 5 nitrogen and oxygen atoms in total. The predicted molar refractivity (Wildman–Crippen MR) is 146 cm³/mol. The Morgan fingerprint density at radius 1 is 0.784 bits per heavy atom. The van der Waals surface area contributed by atoms with Crippen LogP contribution < -0.4 is 0 Å². The fourth-order valence-electron chi connectivity index (χ4n) is 3.73. The summed E-state index contributed by atoms with van der Waals surface area (Å²) in [4.78, 5) is 11.9. The Morgan fingerprint density at radius 3 is 1.76 bits per heavy atom. The Labute approximate surface area is 224 Å². The standard InChI is InChI=1S/C31H35ClO5/c1-24(33)28(19-32)29(34)17-18-30(36-21-26-13-7-3-8-14-26)31(37-22-27-15-9-4-10-16-27)23-35-20-25-11-5-2-6-12-25/h2-18,28-31,34H,19-23H2,1H3/b18-17+/t28?,29?,30-,31+/m1/s1. The highest BCUT2D eigenvalue weighted by Crippen LogP contribution is 2.17. The van der Waals surface area contributed by atoms with Gasteiger partial charge in [0.2, 0.25) is 0 Å². The lowest BCUT2D eigenvalue weighted by atomic mass is 9.99. The summed E-state index contributed by atoms with van der Waals surface area (Å²) < 4.78 is 18.6. The number of alkyl halides is 1. The van der Waals surface area contributed by atoms with Crippen molar-refractivity contribution in [3.05, 3.63) is 120 Å². The number of halogens is 1. The molecule has 0 saturated carbocycles. The molecule has 0 aromatic heterocycles. The van der Waals surface area contributed by atoms with E-state index in [0.29, 0.717) is 19.8 Å². The minimum absolute atomic E-state index is 0.0322. The van der Waals surface area contributed by atoms with Gasteiger partial charge in [-0.2, -0.15) is 0 Å². The van der Waals surface area contributed by atoms with Gasteiger partial charge in [0.1, 0.15) is 18.0 Å². The Balaban J connectivity index is 1.78. The zero-order chi connectivity index (χ0) is 26.3. The third-order valence-corrected chi connectivity index (χ3v) is 6.28. The normalized spacial score (nSPS) is 14.8. The lowest BCUT2D eigenvalue weighted by Gasteiger charge is -2.26. The topological polar surface area (TPSA) is 65.0 Å². The number of aliphatic hydroxyl groups excluding tert-OH is 1. The highest BCUT2D eigenvalue weighted by Gasteiger charge is 2.25. The molecule has 0 radical (unpaired) electrons. The molecule has 37 heavy (non-hydrogen) atoms. The summed E-state index contributed by atoms with van der Waals surface area (Å²) in [5.74, 6) is -0.826. The summed E-state index contributed by atoms with van der Waals surface area (Å²) in [6.45, 7) is 2.85.